The Balaban J connectivity index is 1.90. The van der Waals surface area contributed by atoms with Crippen LogP contribution in [0.25, 0.3) is 5.52 Å². The van der Waals surface area contributed by atoms with Crippen molar-refractivity contribution in [1.29, 1.82) is 0 Å². The van der Waals surface area contributed by atoms with Crippen molar-refractivity contribution >= 4 is 34.9 Å². The molecule has 27 heavy (non-hydrogen) atoms. The average molecular weight is 392 g/mol. The molecule has 0 fully saturated rings. The van der Waals surface area contributed by atoms with Gasteiger partial charge in [-0.05, 0) is 30.5 Å². The predicted octanol–water partition coefficient (Wildman–Crippen LogP) is 2.95. The van der Waals surface area contributed by atoms with Crippen LogP contribution in [0.2, 0.25) is 0 Å². The van der Waals surface area contributed by atoms with Gasteiger partial charge in [0.05, 0.1) is 24.4 Å². The number of nitrogens with zero attached hydrogens (tertiary/aromatic N) is 2. The standard InChI is InChI=1S/C17H17FN4O4S/c1-27-12-2-3-14(13(18)9-12)20-16-15(26-17(24)21-25-7-6-23)8-11-4-5-19-10-22(11)16/h2-5,8-10,20,23H,6-7H2,1H3,(H,21,24). The third-order valence-electron chi connectivity index (χ3n) is 3.53. The first-order chi connectivity index (χ1) is 13.1. The summed E-state index contributed by atoms with van der Waals surface area (Å²) in [6.45, 7) is -0.324. The van der Waals surface area contributed by atoms with E-state index in [1.165, 1.54) is 24.2 Å². The fourth-order valence-electron chi connectivity index (χ4n) is 2.33. The lowest BCUT2D eigenvalue weighted by molar-refractivity contribution is 0.0246. The molecule has 0 bridgehead atoms. The van der Waals surface area contributed by atoms with Crippen LogP contribution in [0.15, 0.2) is 47.8 Å². The Morgan fingerprint density at radius 3 is 2.96 bits per heavy atom. The third kappa shape index (κ3) is 4.48. The first-order valence-corrected chi connectivity index (χ1v) is 9.11. The number of rotatable bonds is 7. The van der Waals surface area contributed by atoms with Gasteiger partial charge in [-0.2, -0.15) is 5.48 Å². The monoisotopic (exact) mass is 392 g/mol. The molecule has 0 saturated carbocycles. The van der Waals surface area contributed by atoms with Gasteiger partial charge in [-0.3, -0.25) is 9.24 Å². The Labute approximate surface area is 158 Å². The number of aliphatic hydroxyl groups excluding tert-OH is 1. The minimum absolute atomic E-state index is 0.0745. The highest BCUT2D eigenvalue weighted by Crippen LogP contribution is 2.33. The van der Waals surface area contributed by atoms with E-state index < -0.39 is 11.9 Å². The van der Waals surface area contributed by atoms with Crippen LogP contribution in [0.1, 0.15) is 0 Å². The maximum Gasteiger partial charge on any atom is 0.436 e. The van der Waals surface area contributed by atoms with E-state index >= 15 is 0 Å². The fraction of sp³-hybridized carbons (Fsp3) is 0.176. The van der Waals surface area contributed by atoms with Crippen molar-refractivity contribution in [3.05, 3.63) is 48.7 Å². The number of hydrogen-bond donors (Lipinski definition) is 3. The Bertz CT molecular complexity index is 950. The van der Waals surface area contributed by atoms with Crippen LogP contribution in [0.4, 0.5) is 20.7 Å². The van der Waals surface area contributed by atoms with Gasteiger partial charge in [-0.15, -0.1) is 11.8 Å². The van der Waals surface area contributed by atoms with Crippen LogP contribution < -0.4 is 15.5 Å². The van der Waals surface area contributed by atoms with Gasteiger partial charge in [0.2, 0.25) is 0 Å². The molecule has 0 aliphatic heterocycles. The van der Waals surface area contributed by atoms with Crippen molar-refractivity contribution < 1.29 is 23.9 Å². The first kappa shape index (κ1) is 19.0. The molecule has 0 aliphatic rings. The van der Waals surface area contributed by atoms with E-state index in [1.807, 2.05) is 11.7 Å². The van der Waals surface area contributed by atoms with Crippen molar-refractivity contribution in [2.24, 2.45) is 0 Å². The number of benzene rings is 1. The molecule has 10 heteroatoms. The molecule has 3 rings (SSSR count). The maximum atomic E-state index is 14.4. The normalized spacial score (nSPS) is 10.8. The number of amides is 1. The average Bonchev–Trinajstić information content (AvgIpc) is 3.00. The van der Waals surface area contributed by atoms with Gasteiger partial charge >= 0.3 is 6.09 Å². The summed E-state index contributed by atoms with van der Waals surface area (Å²) in [5.74, 6) is 0.0371. The zero-order chi connectivity index (χ0) is 19.2. The molecular weight excluding hydrogens is 375 g/mol. The summed E-state index contributed by atoms with van der Waals surface area (Å²) in [7, 11) is 0. The van der Waals surface area contributed by atoms with Crippen LogP contribution in [0.3, 0.4) is 0 Å². The smallest absolute Gasteiger partial charge is 0.405 e. The van der Waals surface area contributed by atoms with E-state index in [4.69, 9.17) is 14.7 Å². The molecule has 3 aromatic rings. The van der Waals surface area contributed by atoms with Crippen molar-refractivity contribution in [1.82, 2.24) is 14.9 Å². The minimum Gasteiger partial charge on any atom is -0.405 e. The zero-order valence-corrected chi connectivity index (χ0v) is 15.1. The molecule has 1 amide bonds. The summed E-state index contributed by atoms with van der Waals surface area (Å²) in [6.07, 6.45) is 4.07. The highest BCUT2D eigenvalue weighted by Gasteiger charge is 2.17. The summed E-state index contributed by atoms with van der Waals surface area (Å²) in [4.78, 5) is 21.4. The largest absolute Gasteiger partial charge is 0.436 e. The van der Waals surface area contributed by atoms with Gasteiger partial charge in [-0.1, -0.05) is 0 Å². The van der Waals surface area contributed by atoms with Crippen molar-refractivity contribution in [2.75, 3.05) is 24.8 Å². The van der Waals surface area contributed by atoms with Crippen molar-refractivity contribution in [3.63, 3.8) is 0 Å². The lowest BCUT2D eigenvalue weighted by Crippen LogP contribution is -2.28. The molecule has 0 aliphatic carbocycles. The minimum atomic E-state index is -0.881. The van der Waals surface area contributed by atoms with Crippen molar-refractivity contribution in [2.45, 2.75) is 4.90 Å². The van der Waals surface area contributed by atoms with Gasteiger partial charge in [0.1, 0.15) is 12.1 Å². The number of aliphatic hydroxyl groups is 1. The fourth-order valence-corrected chi connectivity index (χ4v) is 2.75. The quantitative estimate of drug-likeness (QED) is 0.323. The number of aromatic nitrogens is 2. The van der Waals surface area contributed by atoms with Crippen LogP contribution in [-0.2, 0) is 4.84 Å². The molecular formula is C17H17FN4O4S. The van der Waals surface area contributed by atoms with E-state index in [9.17, 15) is 9.18 Å². The van der Waals surface area contributed by atoms with E-state index in [0.717, 1.165) is 4.90 Å². The van der Waals surface area contributed by atoms with Gasteiger partial charge < -0.3 is 15.2 Å². The number of anilines is 2. The molecule has 2 aromatic heterocycles. The second kappa shape index (κ2) is 8.71. The number of thioether (sulfide) groups is 1. The topological polar surface area (TPSA) is 97.1 Å². The zero-order valence-electron chi connectivity index (χ0n) is 14.3. The van der Waals surface area contributed by atoms with Crippen LogP contribution in [-0.4, -0.2) is 40.1 Å². The molecule has 2 heterocycles. The molecule has 3 N–H and O–H groups in total. The SMILES string of the molecule is CSc1ccc(Nc2c(OC(=O)NOCCO)cc3ccncn23)c(F)c1. The summed E-state index contributed by atoms with van der Waals surface area (Å²) in [5, 5.41) is 11.6. The molecule has 0 unspecified atom stereocenters. The molecule has 1 aromatic carbocycles. The van der Waals surface area contributed by atoms with E-state index in [0.29, 0.717) is 11.3 Å². The van der Waals surface area contributed by atoms with Gasteiger partial charge in [0.25, 0.3) is 0 Å². The predicted molar refractivity (Wildman–Crippen MR) is 98.9 cm³/mol. The Morgan fingerprint density at radius 1 is 1.37 bits per heavy atom. The molecule has 0 spiro atoms. The van der Waals surface area contributed by atoms with Gasteiger partial charge in [-0.25, -0.2) is 14.2 Å². The number of carbonyl (C=O) groups excluding carboxylic acids is 1. The van der Waals surface area contributed by atoms with Crippen molar-refractivity contribution in [3.8, 4) is 5.75 Å². The number of ether oxygens (including phenoxy) is 1. The van der Waals surface area contributed by atoms with Crippen LogP contribution >= 0.6 is 11.8 Å². The van der Waals surface area contributed by atoms with Gasteiger partial charge in [0, 0.05) is 17.2 Å². The van der Waals surface area contributed by atoms with Crippen LogP contribution in [0, 0.1) is 5.82 Å². The molecule has 142 valence electrons. The molecule has 0 radical (unpaired) electrons. The lowest BCUT2D eigenvalue weighted by atomic mass is 10.3. The summed E-state index contributed by atoms with van der Waals surface area (Å²) in [6, 6.07) is 8.11. The molecule has 0 saturated heterocycles. The first-order valence-electron chi connectivity index (χ1n) is 7.88. The summed E-state index contributed by atoms with van der Waals surface area (Å²) >= 11 is 1.43. The van der Waals surface area contributed by atoms with E-state index in [-0.39, 0.29) is 24.7 Å². The second-order valence-corrected chi connectivity index (χ2v) is 6.15. The second-order valence-electron chi connectivity index (χ2n) is 5.27. The van der Waals surface area contributed by atoms with E-state index in [2.05, 4.69) is 10.3 Å². The van der Waals surface area contributed by atoms with E-state index in [1.54, 1.807) is 34.9 Å². The van der Waals surface area contributed by atoms with Crippen LogP contribution in [0.5, 0.6) is 5.75 Å². The molecule has 0 atom stereocenters. The number of fused-ring (bicyclic) bond motifs is 1. The maximum absolute atomic E-state index is 14.4. The number of hydroxylamine groups is 1. The third-order valence-corrected chi connectivity index (χ3v) is 4.25. The number of carbonyl (C=O) groups is 1. The number of hydrogen-bond acceptors (Lipinski definition) is 7. The highest BCUT2D eigenvalue weighted by molar-refractivity contribution is 7.98. The lowest BCUT2D eigenvalue weighted by Gasteiger charge is -2.11. The Hall–Kier alpha value is -2.82. The molecule has 8 nitrogen and oxygen atoms in total. The Morgan fingerprint density at radius 2 is 2.22 bits per heavy atom. The summed E-state index contributed by atoms with van der Waals surface area (Å²) in [5.41, 5.74) is 2.95. The number of nitrogens with one attached hydrogen (secondary N) is 2. The highest BCUT2D eigenvalue weighted by atomic mass is 32.2. The van der Waals surface area contributed by atoms with Gasteiger partial charge in [0.15, 0.2) is 11.6 Å². The number of halogens is 1. The summed E-state index contributed by atoms with van der Waals surface area (Å²) < 4.78 is 21.2. The Kier molecular flexibility index (Phi) is 6.12.